The molecule has 3 heterocycles. The van der Waals surface area contributed by atoms with Gasteiger partial charge in [-0.15, -0.1) is 4.99 Å². The number of aliphatic imine (C=N–C) groups is 1. The number of hydrogen-bond acceptors (Lipinski definition) is 6. The largest absolute Gasteiger partial charge is 0.463 e. The molecule has 16 heteroatoms. The van der Waals surface area contributed by atoms with Gasteiger partial charge in [0, 0.05) is 22.9 Å². The third-order valence-electron chi connectivity index (χ3n) is 7.23. The van der Waals surface area contributed by atoms with E-state index >= 15 is 4.39 Å². The number of aromatic nitrogens is 5. The number of rotatable bonds is 8. The van der Waals surface area contributed by atoms with E-state index in [0.29, 0.717) is 26.7 Å². The fourth-order valence-electron chi connectivity index (χ4n) is 5.50. The molecule has 2 atom stereocenters. The predicted octanol–water partition coefficient (Wildman–Crippen LogP) is 5.35. The van der Waals surface area contributed by atoms with Gasteiger partial charge in [-0.05, 0) is 41.2 Å². The molecule has 1 fully saturated rings. The Morgan fingerprint density at radius 2 is 1.93 bits per heavy atom. The molecule has 0 saturated carbocycles. The van der Waals surface area contributed by atoms with E-state index in [9.17, 15) is 28.6 Å². The van der Waals surface area contributed by atoms with Crippen LogP contribution in [0.2, 0.25) is 5.02 Å². The van der Waals surface area contributed by atoms with Crippen molar-refractivity contribution in [3.8, 4) is 22.5 Å². The Morgan fingerprint density at radius 1 is 1.18 bits per heavy atom. The van der Waals surface area contributed by atoms with Crippen LogP contribution in [0.3, 0.4) is 0 Å². The molecule has 4 aromatic rings. The topological polar surface area (TPSA) is 162 Å². The van der Waals surface area contributed by atoms with Gasteiger partial charge in [-0.1, -0.05) is 50.6 Å². The highest BCUT2D eigenvalue weighted by Crippen LogP contribution is 2.44. The van der Waals surface area contributed by atoms with Crippen molar-refractivity contribution in [3.63, 3.8) is 0 Å². The first-order valence-corrected chi connectivity index (χ1v) is 13.9. The Hall–Kier alpha value is -4.76. The zero-order chi connectivity index (χ0) is 32.7. The van der Waals surface area contributed by atoms with Gasteiger partial charge in [0.15, 0.2) is 5.82 Å². The molecule has 2 aromatic carbocycles. The van der Waals surface area contributed by atoms with E-state index < -0.39 is 53.9 Å². The lowest BCUT2D eigenvalue weighted by Gasteiger charge is -2.35. The Balaban J connectivity index is 1.64. The molecular formula is C29H28ClF3N8O4. The van der Waals surface area contributed by atoms with Crippen LogP contribution in [0.1, 0.15) is 50.9 Å². The number of aliphatic hydroxyl groups is 1. The highest BCUT2D eigenvalue weighted by Gasteiger charge is 2.56. The van der Waals surface area contributed by atoms with Crippen molar-refractivity contribution in [2.75, 3.05) is 6.61 Å². The van der Waals surface area contributed by atoms with Crippen molar-refractivity contribution in [1.82, 2.24) is 35.2 Å². The minimum atomic E-state index is -2.89. The van der Waals surface area contributed by atoms with E-state index in [1.54, 1.807) is 12.1 Å². The Bertz CT molecular complexity index is 1770. The monoisotopic (exact) mass is 644 g/mol. The Morgan fingerprint density at radius 3 is 2.51 bits per heavy atom. The van der Waals surface area contributed by atoms with Crippen molar-refractivity contribution in [1.29, 1.82) is 0 Å². The van der Waals surface area contributed by atoms with Crippen LogP contribution in [0.25, 0.3) is 22.5 Å². The number of carbonyl (C=O) groups is 2. The van der Waals surface area contributed by atoms with E-state index in [1.807, 2.05) is 20.8 Å². The van der Waals surface area contributed by atoms with Crippen LogP contribution >= 0.6 is 11.6 Å². The number of aromatic amines is 1. The molecule has 0 aliphatic carbocycles. The van der Waals surface area contributed by atoms with Crippen LogP contribution < -0.4 is 5.32 Å². The molecule has 4 N–H and O–H groups in total. The average Bonchev–Trinajstić information content (AvgIpc) is 3.71. The van der Waals surface area contributed by atoms with E-state index in [4.69, 9.17) is 11.6 Å². The molecular weight excluding hydrogens is 617 g/mol. The van der Waals surface area contributed by atoms with E-state index in [1.165, 1.54) is 24.5 Å². The number of guanidine groups is 1. The lowest BCUT2D eigenvalue weighted by Crippen LogP contribution is -2.47. The van der Waals surface area contributed by atoms with Gasteiger partial charge in [0.05, 0.1) is 23.9 Å². The number of halogens is 4. The van der Waals surface area contributed by atoms with Gasteiger partial charge >= 0.3 is 12.6 Å². The first-order valence-electron chi connectivity index (χ1n) is 13.6. The quantitative estimate of drug-likeness (QED) is 0.199. The number of hydrogen-bond donors (Lipinski definition) is 4. The molecule has 2 aromatic heterocycles. The zero-order valence-electron chi connectivity index (χ0n) is 24.2. The summed E-state index contributed by atoms with van der Waals surface area (Å²) >= 11 is 6.38. The fraction of sp³-hybridized carbons (Fsp3) is 0.310. The highest BCUT2D eigenvalue weighted by molar-refractivity contribution is 6.33. The maximum Gasteiger partial charge on any atom is 0.434 e. The van der Waals surface area contributed by atoms with Crippen molar-refractivity contribution < 1.29 is 33.0 Å². The first kappa shape index (κ1) is 31.7. The second kappa shape index (κ2) is 12.0. The summed E-state index contributed by atoms with van der Waals surface area (Å²) in [6, 6.07) is 7.32. The second-order valence-corrected chi connectivity index (χ2v) is 12.0. The molecule has 0 spiro atoms. The molecule has 0 radical (unpaired) electrons. The average molecular weight is 645 g/mol. The van der Waals surface area contributed by atoms with Crippen molar-refractivity contribution >= 4 is 29.6 Å². The summed E-state index contributed by atoms with van der Waals surface area (Å²) in [6.45, 7) is 1.89. The number of carboxylic acid groups (broad SMARTS) is 1. The predicted molar refractivity (Wildman–Crippen MR) is 157 cm³/mol. The maximum atomic E-state index is 16.1. The smallest absolute Gasteiger partial charge is 0.434 e. The third kappa shape index (κ3) is 6.13. The first-order chi connectivity index (χ1) is 21.2. The lowest BCUT2D eigenvalue weighted by atomic mass is 9.75. The molecule has 236 valence electrons. The van der Waals surface area contributed by atoms with Crippen molar-refractivity contribution in [2.24, 2.45) is 10.4 Å². The normalized spacial score (nSPS) is 18.6. The van der Waals surface area contributed by atoms with Crippen molar-refractivity contribution in [2.45, 2.75) is 45.3 Å². The summed E-state index contributed by atoms with van der Waals surface area (Å²) in [5.74, 6) is -1.75. The molecule has 0 unspecified atom stereocenters. The fourth-order valence-corrected chi connectivity index (χ4v) is 5.71. The molecule has 12 nitrogen and oxygen atoms in total. The van der Waals surface area contributed by atoms with E-state index in [2.05, 4.69) is 30.6 Å². The van der Waals surface area contributed by atoms with Crippen LogP contribution in [0.15, 0.2) is 60.1 Å². The number of aliphatic hydroxyl groups excluding tert-OH is 1. The number of carbonyl (C=O) groups excluding carboxylic acids is 1. The minimum absolute atomic E-state index is 0.0321. The summed E-state index contributed by atoms with van der Waals surface area (Å²) in [6.07, 6.45) is 1.83. The van der Waals surface area contributed by atoms with Crippen LogP contribution in [0, 0.1) is 11.2 Å². The summed E-state index contributed by atoms with van der Waals surface area (Å²) in [4.78, 5) is 35.2. The molecule has 1 aliphatic rings. The van der Waals surface area contributed by atoms with E-state index in [0.717, 1.165) is 23.4 Å². The molecule has 5 rings (SSSR count). The molecule has 45 heavy (non-hydrogen) atoms. The molecule has 1 aliphatic heterocycles. The van der Waals surface area contributed by atoms with Gasteiger partial charge in [0.25, 0.3) is 5.91 Å². The van der Waals surface area contributed by atoms with Gasteiger partial charge in [0.2, 0.25) is 5.96 Å². The van der Waals surface area contributed by atoms with Crippen molar-refractivity contribution in [3.05, 3.63) is 77.1 Å². The van der Waals surface area contributed by atoms with Crippen LogP contribution in [0.5, 0.6) is 0 Å². The van der Waals surface area contributed by atoms with E-state index in [-0.39, 0.29) is 23.1 Å². The molecule has 2 amide bonds. The Labute approximate surface area is 259 Å². The summed E-state index contributed by atoms with van der Waals surface area (Å²) in [5, 5.41) is 33.5. The number of alkyl halides is 2. The highest BCUT2D eigenvalue weighted by atomic mass is 35.5. The lowest BCUT2D eigenvalue weighted by molar-refractivity contribution is -0.135. The van der Waals surface area contributed by atoms with Gasteiger partial charge in [0.1, 0.15) is 17.7 Å². The SMILES string of the molecule is CC(C)(C)C[C@]1(c2ccc(-c3cnn(C(F)F)c3)cc2F)N/C(=N\C(=O)O)N([C@H](CO)c2ccc(Cl)c(-c3ncn[nH]3)c2)C1=O. The van der Waals surface area contributed by atoms with Gasteiger partial charge in [-0.2, -0.15) is 19.0 Å². The van der Waals surface area contributed by atoms with Crippen LogP contribution in [0.4, 0.5) is 18.0 Å². The molecule has 1 saturated heterocycles. The zero-order valence-corrected chi connectivity index (χ0v) is 24.9. The van der Waals surface area contributed by atoms with Gasteiger partial charge in [-0.25, -0.2) is 18.9 Å². The number of H-pyrrole nitrogens is 1. The third-order valence-corrected chi connectivity index (χ3v) is 7.56. The van der Waals surface area contributed by atoms with Crippen LogP contribution in [-0.2, 0) is 10.3 Å². The summed E-state index contributed by atoms with van der Waals surface area (Å²) < 4.78 is 42.7. The molecule has 0 bridgehead atoms. The van der Waals surface area contributed by atoms with Gasteiger partial charge < -0.3 is 15.5 Å². The summed E-state index contributed by atoms with van der Waals surface area (Å²) in [7, 11) is 0. The van der Waals surface area contributed by atoms with Gasteiger partial charge in [-0.3, -0.25) is 14.8 Å². The second-order valence-electron chi connectivity index (χ2n) is 11.6. The standard InChI is InChI=1S/C29H28ClF3N8O4/c1-28(2,3)13-29(19-6-4-15(9-21(19)31)17-10-36-40(11-17)25(32)33)24(43)41(26(38-29)37-27(44)45)22(12-42)16-5-7-20(30)18(8-16)23-34-14-35-39-23/h4-11,14,22,25,42H,12-13H2,1-3H3,(H,37,38)(H,44,45)(H,34,35,39)/t22-,29-/m1/s1. The number of nitrogens with zero attached hydrogens (tertiary/aromatic N) is 6. The maximum absolute atomic E-state index is 16.1. The summed E-state index contributed by atoms with van der Waals surface area (Å²) in [5.41, 5.74) is -1.45. The minimum Gasteiger partial charge on any atom is -0.463 e. The number of benzene rings is 2. The Kier molecular flexibility index (Phi) is 8.42. The van der Waals surface area contributed by atoms with Crippen LogP contribution in [-0.4, -0.2) is 64.6 Å². The number of amides is 2. The number of nitrogens with one attached hydrogen (secondary N) is 2.